The number of rotatable bonds is 8. The second-order valence-electron chi connectivity index (χ2n) is 12.5. The van der Waals surface area contributed by atoms with Crippen LogP contribution in [-0.4, -0.2) is 11.0 Å². The van der Waals surface area contributed by atoms with Crippen molar-refractivity contribution >= 4 is 11.4 Å². The summed E-state index contributed by atoms with van der Waals surface area (Å²) in [5.74, 6) is 0.767. The third-order valence-electron chi connectivity index (χ3n) is 8.75. The van der Waals surface area contributed by atoms with Crippen molar-refractivity contribution < 1.29 is 0 Å². The Balaban J connectivity index is 1.54. The molecule has 0 fully saturated rings. The van der Waals surface area contributed by atoms with E-state index in [0.717, 1.165) is 24.2 Å². The fraction of sp³-hybridized carbons (Fsp3) is 0.275. The predicted octanol–water partition coefficient (Wildman–Crippen LogP) is 10.6. The van der Waals surface area contributed by atoms with Crippen LogP contribution in [0.15, 0.2) is 109 Å². The molecule has 0 amide bonds. The molecule has 1 aliphatic heterocycles. The zero-order chi connectivity index (χ0) is 29.9. The quantitative estimate of drug-likeness (QED) is 0.196. The molecule has 2 unspecified atom stereocenters. The molecule has 2 heterocycles. The first kappa shape index (κ1) is 28.7. The van der Waals surface area contributed by atoms with E-state index in [1.165, 1.54) is 50.3 Å². The number of para-hydroxylation sites is 2. The molecular weight excluding hydrogens is 522 g/mol. The highest BCUT2D eigenvalue weighted by atomic mass is 15.0. The number of fused-ring (bicyclic) bond motifs is 1. The fourth-order valence-corrected chi connectivity index (χ4v) is 6.45. The molecular formula is C40H43N3. The van der Waals surface area contributed by atoms with Gasteiger partial charge in [-0.2, -0.15) is 0 Å². The van der Waals surface area contributed by atoms with E-state index in [-0.39, 0.29) is 6.04 Å². The number of pyridine rings is 1. The summed E-state index contributed by atoms with van der Waals surface area (Å²) < 4.78 is 0. The van der Waals surface area contributed by atoms with Crippen LogP contribution in [-0.2, 0) is 6.42 Å². The molecule has 2 N–H and O–H groups in total. The molecule has 0 radical (unpaired) electrons. The first-order valence-corrected chi connectivity index (χ1v) is 15.8. The van der Waals surface area contributed by atoms with Crippen LogP contribution in [0.25, 0.3) is 22.4 Å². The van der Waals surface area contributed by atoms with Gasteiger partial charge < -0.3 is 10.6 Å². The largest absolute Gasteiger partial charge is 0.382 e. The molecule has 0 saturated carbocycles. The maximum absolute atomic E-state index is 5.43. The molecule has 1 aliphatic rings. The van der Waals surface area contributed by atoms with E-state index in [1.54, 1.807) is 0 Å². The highest BCUT2D eigenvalue weighted by Gasteiger charge is 2.25. The van der Waals surface area contributed by atoms with Crippen LogP contribution in [0.5, 0.6) is 0 Å². The van der Waals surface area contributed by atoms with Crippen LogP contribution < -0.4 is 10.6 Å². The molecule has 0 spiro atoms. The smallest absolute Gasteiger partial charge is 0.0946 e. The Kier molecular flexibility index (Phi) is 8.33. The van der Waals surface area contributed by atoms with Crippen molar-refractivity contribution in [3.05, 3.63) is 137 Å². The Bertz CT molecular complexity index is 1680. The minimum atomic E-state index is -0.153. The van der Waals surface area contributed by atoms with Crippen molar-refractivity contribution in [1.82, 2.24) is 4.98 Å². The number of hydrogen-bond donors (Lipinski definition) is 2. The lowest BCUT2D eigenvalue weighted by molar-refractivity contribution is 0.681. The number of anilines is 2. The third kappa shape index (κ3) is 5.95. The molecule has 0 bridgehead atoms. The van der Waals surface area contributed by atoms with Crippen LogP contribution in [0.2, 0.25) is 0 Å². The van der Waals surface area contributed by atoms with Crippen LogP contribution in [0.4, 0.5) is 11.4 Å². The molecule has 4 aromatic carbocycles. The number of hydrogen-bond acceptors (Lipinski definition) is 3. The highest BCUT2D eigenvalue weighted by molar-refractivity contribution is 5.79. The maximum atomic E-state index is 5.43. The van der Waals surface area contributed by atoms with E-state index in [0.29, 0.717) is 17.9 Å². The molecule has 2 atom stereocenters. The summed E-state index contributed by atoms with van der Waals surface area (Å²) in [6, 6.07) is 39.7. The summed E-state index contributed by atoms with van der Waals surface area (Å²) in [4.78, 5) is 5.43. The van der Waals surface area contributed by atoms with Gasteiger partial charge in [-0.15, -0.1) is 0 Å². The highest BCUT2D eigenvalue weighted by Crippen LogP contribution is 2.40. The average Bonchev–Trinajstić information content (AvgIpc) is 3.03. The van der Waals surface area contributed by atoms with Crippen molar-refractivity contribution in [2.75, 3.05) is 10.6 Å². The monoisotopic (exact) mass is 565 g/mol. The number of aryl methyl sites for hydroxylation is 1. The number of benzene rings is 4. The SMILES string of the molecule is CC1CCc2cccc(-c3cccc(C(Nc4c(C(C)C)cccc4C(C)C)c4ccccc4-c4ccccc4)n3)c2N1. The van der Waals surface area contributed by atoms with Gasteiger partial charge >= 0.3 is 0 Å². The molecule has 5 aromatic rings. The average molecular weight is 566 g/mol. The minimum Gasteiger partial charge on any atom is -0.382 e. The van der Waals surface area contributed by atoms with E-state index in [2.05, 4.69) is 154 Å². The van der Waals surface area contributed by atoms with Crippen molar-refractivity contribution in [3.63, 3.8) is 0 Å². The van der Waals surface area contributed by atoms with E-state index < -0.39 is 0 Å². The van der Waals surface area contributed by atoms with Crippen molar-refractivity contribution in [2.24, 2.45) is 0 Å². The first-order valence-electron chi connectivity index (χ1n) is 15.8. The maximum Gasteiger partial charge on any atom is 0.0946 e. The number of nitrogens with zero attached hydrogens (tertiary/aromatic N) is 1. The Hall–Kier alpha value is -4.37. The Morgan fingerprint density at radius 3 is 2.05 bits per heavy atom. The van der Waals surface area contributed by atoms with Gasteiger partial charge in [0.2, 0.25) is 0 Å². The van der Waals surface area contributed by atoms with Crippen molar-refractivity contribution in [1.29, 1.82) is 0 Å². The zero-order valence-corrected chi connectivity index (χ0v) is 26.1. The van der Waals surface area contributed by atoms with Gasteiger partial charge in [0.05, 0.1) is 17.4 Å². The summed E-state index contributed by atoms with van der Waals surface area (Å²) in [5.41, 5.74) is 13.3. The lowest BCUT2D eigenvalue weighted by Gasteiger charge is -2.29. The van der Waals surface area contributed by atoms with Gasteiger partial charge in [0.1, 0.15) is 0 Å². The van der Waals surface area contributed by atoms with Gasteiger partial charge in [0, 0.05) is 23.0 Å². The molecule has 218 valence electrons. The van der Waals surface area contributed by atoms with Gasteiger partial charge in [0.15, 0.2) is 0 Å². The second-order valence-corrected chi connectivity index (χ2v) is 12.5. The topological polar surface area (TPSA) is 37.0 Å². The van der Waals surface area contributed by atoms with E-state index >= 15 is 0 Å². The molecule has 3 heteroatoms. The number of nitrogens with one attached hydrogen (secondary N) is 2. The Morgan fingerprint density at radius 1 is 0.674 bits per heavy atom. The van der Waals surface area contributed by atoms with E-state index in [9.17, 15) is 0 Å². The summed E-state index contributed by atoms with van der Waals surface area (Å²) in [6.45, 7) is 11.4. The third-order valence-corrected chi connectivity index (χ3v) is 8.75. The van der Waals surface area contributed by atoms with Gasteiger partial charge in [-0.1, -0.05) is 125 Å². The summed E-state index contributed by atoms with van der Waals surface area (Å²) in [6.07, 6.45) is 2.25. The van der Waals surface area contributed by atoms with Crippen molar-refractivity contribution in [2.45, 2.75) is 71.4 Å². The molecule has 0 aliphatic carbocycles. The normalized spacial score (nSPS) is 15.2. The minimum absolute atomic E-state index is 0.153. The fourth-order valence-electron chi connectivity index (χ4n) is 6.45. The van der Waals surface area contributed by atoms with Crippen LogP contribution in [0, 0.1) is 0 Å². The Labute approximate surface area is 257 Å². The predicted molar refractivity (Wildman–Crippen MR) is 183 cm³/mol. The molecule has 6 rings (SSSR count). The second kappa shape index (κ2) is 12.5. The lowest BCUT2D eigenvalue weighted by atomic mass is 9.89. The molecule has 1 aromatic heterocycles. The summed E-state index contributed by atoms with van der Waals surface area (Å²) in [5, 5.41) is 7.85. The number of aromatic nitrogens is 1. The molecule has 0 saturated heterocycles. The van der Waals surface area contributed by atoms with Gasteiger partial charge in [-0.3, -0.25) is 4.98 Å². The standard InChI is InChI=1S/C40H43N3/c1-26(2)31-19-12-20-32(27(3)4)39(31)43-40(34-18-10-9-17-33(34)29-14-7-6-8-15-29)37-23-13-22-36(42-37)35-21-11-16-30-25-24-28(5)41-38(30)35/h6-23,26-28,40-41,43H,24-25H2,1-5H3. The van der Waals surface area contributed by atoms with Crippen LogP contribution in [0.3, 0.4) is 0 Å². The molecule has 43 heavy (non-hydrogen) atoms. The lowest BCUT2D eigenvalue weighted by Crippen LogP contribution is -2.22. The van der Waals surface area contributed by atoms with Gasteiger partial charge in [0.25, 0.3) is 0 Å². The summed E-state index contributed by atoms with van der Waals surface area (Å²) in [7, 11) is 0. The van der Waals surface area contributed by atoms with Crippen LogP contribution >= 0.6 is 0 Å². The van der Waals surface area contributed by atoms with Crippen LogP contribution in [0.1, 0.15) is 86.9 Å². The first-order chi connectivity index (χ1) is 20.9. The van der Waals surface area contributed by atoms with E-state index in [1.807, 2.05) is 0 Å². The summed E-state index contributed by atoms with van der Waals surface area (Å²) >= 11 is 0. The molecule has 3 nitrogen and oxygen atoms in total. The van der Waals surface area contributed by atoms with Gasteiger partial charge in [-0.25, -0.2) is 0 Å². The van der Waals surface area contributed by atoms with Crippen molar-refractivity contribution in [3.8, 4) is 22.4 Å². The van der Waals surface area contributed by atoms with E-state index in [4.69, 9.17) is 4.98 Å². The Morgan fingerprint density at radius 2 is 1.30 bits per heavy atom. The zero-order valence-electron chi connectivity index (χ0n) is 26.1. The van der Waals surface area contributed by atoms with Gasteiger partial charge in [-0.05, 0) is 77.1 Å².